The first kappa shape index (κ1) is 27.6. The molecule has 1 aliphatic carbocycles. The zero-order valence-corrected chi connectivity index (χ0v) is 24.7. The number of carbonyl (C=O) groups is 1. The van der Waals surface area contributed by atoms with Crippen molar-refractivity contribution in [3.8, 4) is 5.75 Å². The molecule has 10 heteroatoms. The summed E-state index contributed by atoms with van der Waals surface area (Å²) in [5.74, 6) is 0.250. The zero-order valence-electron chi connectivity index (χ0n) is 20.7. The largest absolute Gasteiger partial charge is 0.487 e. The number of hydrogen-bond donors (Lipinski definition) is 1. The normalized spacial score (nSPS) is 14.2. The van der Waals surface area contributed by atoms with Gasteiger partial charge in [-0.25, -0.2) is 9.78 Å². The molecule has 0 spiro atoms. The van der Waals surface area contributed by atoms with Gasteiger partial charge in [0.15, 0.2) is 0 Å². The fourth-order valence-electron chi connectivity index (χ4n) is 4.80. The molecule has 0 bridgehead atoms. The Morgan fingerprint density at radius 3 is 2.69 bits per heavy atom. The number of aromatic nitrogens is 2. The van der Waals surface area contributed by atoms with Crippen LogP contribution in [0.15, 0.2) is 73.4 Å². The van der Waals surface area contributed by atoms with Crippen LogP contribution in [-0.4, -0.2) is 27.0 Å². The van der Waals surface area contributed by atoms with Gasteiger partial charge in [-0.2, -0.15) is 9.78 Å². The second-order valence-electron chi connectivity index (χ2n) is 9.43. The summed E-state index contributed by atoms with van der Waals surface area (Å²) in [5.41, 5.74) is 1.83. The second kappa shape index (κ2) is 12.0. The van der Waals surface area contributed by atoms with Crippen molar-refractivity contribution in [1.29, 1.82) is 0 Å². The first-order valence-corrected chi connectivity index (χ1v) is 14.5. The maximum atomic E-state index is 13.7. The molecule has 39 heavy (non-hydrogen) atoms. The molecule has 200 valence electrons. The van der Waals surface area contributed by atoms with E-state index in [1.54, 1.807) is 42.6 Å². The summed E-state index contributed by atoms with van der Waals surface area (Å²) in [7, 11) is 0. The van der Waals surface area contributed by atoms with Gasteiger partial charge in [-0.05, 0) is 76.8 Å². The molecule has 0 saturated heterocycles. The topological polar surface area (TPSA) is 93.8 Å². The molecule has 7 nitrogen and oxygen atoms in total. The van der Waals surface area contributed by atoms with Crippen LogP contribution in [-0.2, 0) is 6.61 Å². The average Bonchev–Trinajstić information content (AvgIpc) is 2.92. The molecule has 1 saturated carbocycles. The van der Waals surface area contributed by atoms with Gasteiger partial charge in [-0.3, -0.25) is 4.79 Å². The summed E-state index contributed by atoms with van der Waals surface area (Å²) in [6.07, 6.45) is 6.82. The lowest BCUT2D eigenvalue weighted by Crippen LogP contribution is -2.25. The first-order valence-electron chi connectivity index (χ1n) is 12.5. The standard InChI is InChI=1S/C29H24Br2ClN3O4/c30-21-9-10-25-23(13-21)28(36)35(27(34-25)18-6-2-1-3-7-18)33-15-20-12-22(32)14-24(31)26(20)39-16-17-5-4-8-19(11-17)29(37)38/h4-5,8-15,18H,1-3,6-7,16H2,(H,37,38). The molecule has 1 N–H and O–H groups in total. The van der Waals surface area contributed by atoms with Crippen molar-refractivity contribution < 1.29 is 14.6 Å². The Hall–Kier alpha value is -3.01. The number of ether oxygens (including phenoxy) is 1. The summed E-state index contributed by atoms with van der Waals surface area (Å²) in [4.78, 5) is 29.9. The fraction of sp³-hybridized carbons (Fsp3) is 0.241. The van der Waals surface area contributed by atoms with Crippen LogP contribution in [0.25, 0.3) is 10.9 Å². The maximum Gasteiger partial charge on any atom is 0.335 e. The average molecular weight is 674 g/mol. The van der Waals surface area contributed by atoms with Crippen molar-refractivity contribution >= 4 is 66.5 Å². The highest BCUT2D eigenvalue weighted by Gasteiger charge is 2.23. The van der Waals surface area contributed by atoms with Gasteiger partial charge in [0.25, 0.3) is 5.56 Å². The van der Waals surface area contributed by atoms with Crippen molar-refractivity contribution in [3.05, 3.63) is 101 Å². The highest BCUT2D eigenvalue weighted by atomic mass is 79.9. The van der Waals surface area contributed by atoms with Crippen LogP contribution >= 0.6 is 43.5 Å². The monoisotopic (exact) mass is 671 g/mol. The molecule has 3 aromatic carbocycles. The third-order valence-electron chi connectivity index (χ3n) is 6.71. The number of benzene rings is 3. The third kappa shape index (κ3) is 6.26. The molecule has 5 rings (SSSR count). The number of aromatic carboxylic acids is 1. The van der Waals surface area contributed by atoms with Gasteiger partial charge >= 0.3 is 5.97 Å². The van der Waals surface area contributed by atoms with E-state index in [9.17, 15) is 14.7 Å². The second-order valence-corrected chi connectivity index (χ2v) is 11.6. The Morgan fingerprint density at radius 1 is 1.13 bits per heavy atom. The van der Waals surface area contributed by atoms with Gasteiger partial charge in [0.05, 0.1) is 27.2 Å². The van der Waals surface area contributed by atoms with Crippen LogP contribution in [0.5, 0.6) is 5.75 Å². The Kier molecular flexibility index (Phi) is 8.49. The van der Waals surface area contributed by atoms with E-state index >= 15 is 0 Å². The van der Waals surface area contributed by atoms with E-state index < -0.39 is 5.97 Å². The molecule has 4 aromatic rings. The smallest absolute Gasteiger partial charge is 0.335 e. The SMILES string of the molecule is O=C(O)c1cccc(COc2c(Br)cc(Cl)cc2C=Nn2c(C3CCCCC3)nc3ccc(Br)cc3c2=O)c1. The lowest BCUT2D eigenvalue weighted by molar-refractivity contribution is 0.0696. The molecule has 0 unspecified atom stereocenters. The highest BCUT2D eigenvalue weighted by Crippen LogP contribution is 2.34. The number of hydrogen-bond acceptors (Lipinski definition) is 5. The van der Waals surface area contributed by atoms with Crippen LogP contribution in [0.3, 0.4) is 0 Å². The van der Waals surface area contributed by atoms with E-state index in [1.165, 1.54) is 17.2 Å². The molecular formula is C29H24Br2ClN3O4. The predicted octanol–water partition coefficient (Wildman–Crippen LogP) is 7.78. The Bertz CT molecular complexity index is 1650. The summed E-state index contributed by atoms with van der Waals surface area (Å²) in [6, 6.07) is 15.5. The molecule has 0 aliphatic heterocycles. The van der Waals surface area contributed by atoms with Gasteiger partial charge in [-0.1, -0.05) is 58.9 Å². The number of halogens is 3. The molecule has 0 amide bonds. The molecule has 1 aromatic heterocycles. The molecule has 0 radical (unpaired) electrons. The third-order valence-corrected chi connectivity index (χ3v) is 8.01. The van der Waals surface area contributed by atoms with Gasteiger partial charge in [0.1, 0.15) is 18.2 Å². The number of carboxylic acids is 1. The summed E-state index contributed by atoms with van der Waals surface area (Å²) in [5, 5.41) is 14.9. The van der Waals surface area contributed by atoms with Crippen LogP contribution < -0.4 is 10.3 Å². The van der Waals surface area contributed by atoms with Crippen molar-refractivity contribution in [3.63, 3.8) is 0 Å². The summed E-state index contributed by atoms with van der Waals surface area (Å²) in [6.45, 7) is 0.126. The minimum atomic E-state index is -1.01. The Morgan fingerprint density at radius 2 is 1.92 bits per heavy atom. The van der Waals surface area contributed by atoms with E-state index in [2.05, 4.69) is 37.0 Å². The van der Waals surface area contributed by atoms with Crippen LogP contribution in [0.2, 0.25) is 5.02 Å². The highest BCUT2D eigenvalue weighted by molar-refractivity contribution is 9.10. The first-order chi connectivity index (χ1) is 18.8. The van der Waals surface area contributed by atoms with Crippen molar-refractivity contribution in [1.82, 2.24) is 9.66 Å². The van der Waals surface area contributed by atoms with Gasteiger partial charge in [-0.15, -0.1) is 0 Å². The minimum Gasteiger partial charge on any atom is -0.487 e. The number of fused-ring (bicyclic) bond motifs is 1. The van der Waals surface area contributed by atoms with Gasteiger partial charge in [0, 0.05) is 21.0 Å². The maximum absolute atomic E-state index is 13.7. The van der Waals surface area contributed by atoms with Gasteiger partial charge < -0.3 is 9.84 Å². The number of rotatable bonds is 7. The lowest BCUT2D eigenvalue weighted by atomic mass is 9.88. The van der Waals surface area contributed by atoms with Crippen molar-refractivity contribution in [2.24, 2.45) is 5.10 Å². The van der Waals surface area contributed by atoms with Crippen LogP contribution in [0, 0.1) is 0 Å². The van der Waals surface area contributed by atoms with E-state index in [1.807, 2.05) is 12.1 Å². The van der Waals surface area contributed by atoms with Gasteiger partial charge in [0.2, 0.25) is 0 Å². The van der Waals surface area contributed by atoms with E-state index in [0.717, 1.165) is 30.2 Å². The number of carboxylic acid groups (broad SMARTS) is 1. The molecule has 0 atom stereocenters. The minimum absolute atomic E-state index is 0.126. The zero-order chi connectivity index (χ0) is 27.5. The summed E-state index contributed by atoms with van der Waals surface area (Å²) >= 11 is 13.3. The van der Waals surface area contributed by atoms with E-state index in [0.29, 0.717) is 43.1 Å². The molecular weight excluding hydrogens is 650 g/mol. The lowest BCUT2D eigenvalue weighted by Gasteiger charge is -2.22. The van der Waals surface area contributed by atoms with Crippen LogP contribution in [0.4, 0.5) is 0 Å². The fourth-order valence-corrected chi connectivity index (χ4v) is 6.11. The van der Waals surface area contributed by atoms with Crippen molar-refractivity contribution in [2.75, 3.05) is 0 Å². The quantitative estimate of drug-likeness (QED) is 0.202. The molecule has 1 aliphatic rings. The number of nitrogens with zero attached hydrogens (tertiary/aromatic N) is 3. The summed E-state index contributed by atoms with van der Waals surface area (Å²) < 4.78 is 8.89. The Labute approximate surface area is 246 Å². The molecule has 1 heterocycles. The van der Waals surface area contributed by atoms with Crippen LogP contribution in [0.1, 0.15) is 65.3 Å². The predicted molar refractivity (Wildman–Crippen MR) is 159 cm³/mol. The van der Waals surface area contributed by atoms with E-state index in [4.69, 9.17) is 21.3 Å². The molecule has 1 fully saturated rings. The van der Waals surface area contributed by atoms with Crippen molar-refractivity contribution in [2.45, 2.75) is 44.6 Å². The van der Waals surface area contributed by atoms with E-state index in [-0.39, 0.29) is 23.6 Å². The Balaban J connectivity index is 1.55.